The van der Waals surface area contributed by atoms with E-state index in [1.807, 2.05) is 0 Å². The van der Waals surface area contributed by atoms with Crippen LogP contribution in [-0.2, 0) is 4.74 Å². The summed E-state index contributed by atoms with van der Waals surface area (Å²) in [7, 11) is 1.58. The Morgan fingerprint density at radius 2 is 2.00 bits per heavy atom. The average molecular weight is 281 g/mol. The quantitative estimate of drug-likeness (QED) is 0.789. The summed E-state index contributed by atoms with van der Waals surface area (Å²) in [6.45, 7) is 1.03. The molecule has 106 valence electrons. The molecule has 0 saturated carbocycles. The van der Waals surface area contributed by atoms with Crippen LogP contribution in [0.2, 0.25) is 0 Å². The van der Waals surface area contributed by atoms with Gasteiger partial charge in [-0.25, -0.2) is 8.78 Å². The molecule has 0 atom stereocenters. The Bertz CT molecular complexity index is 561. The molecule has 20 heavy (non-hydrogen) atoms. The highest BCUT2D eigenvalue weighted by Gasteiger charge is 2.10. The van der Waals surface area contributed by atoms with Crippen LogP contribution in [0, 0.1) is 11.6 Å². The number of nitrogens with one attached hydrogen (secondary N) is 2. The van der Waals surface area contributed by atoms with Gasteiger partial charge in [0.05, 0.1) is 12.8 Å². The van der Waals surface area contributed by atoms with Crippen LogP contribution in [0.3, 0.4) is 0 Å². The second-order valence-electron chi connectivity index (χ2n) is 3.81. The minimum atomic E-state index is -0.730. The SMILES string of the molecule is COCCNc1cnnc(Nc2c(F)cccc2F)n1. The van der Waals surface area contributed by atoms with Gasteiger partial charge in [-0.05, 0) is 12.1 Å². The van der Waals surface area contributed by atoms with Crippen molar-refractivity contribution in [2.75, 3.05) is 30.9 Å². The fraction of sp³-hybridized carbons (Fsp3) is 0.250. The first-order valence-electron chi connectivity index (χ1n) is 5.84. The Morgan fingerprint density at radius 3 is 2.70 bits per heavy atom. The van der Waals surface area contributed by atoms with Crippen molar-refractivity contribution in [1.29, 1.82) is 0 Å². The van der Waals surface area contributed by atoms with Crippen LogP contribution in [0.15, 0.2) is 24.4 Å². The smallest absolute Gasteiger partial charge is 0.249 e. The molecular formula is C12H13F2N5O. The van der Waals surface area contributed by atoms with Gasteiger partial charge in [-0.1, -0.05) is 6.07 Å². The molecule has 0 amide bonds. The molecule has 2 rings (SSSR count). The molecule has 1 aromatic heterocycles. The number of methoxy groups -OCH3 is 1. The molecule has 0 aliphatic rings. The zero-order valence-electron chi connectivity index (χ0n) is 10.7. The fourth-order valence-corrected chi connectivity index (χ4v) is 1.45. The lowest BCUT2D eigenvalue weighted by molar-refractivity contribution is 0.210. The van der Waals surface area contributed by atoms with Crippen LogP contribution >= 0.6 is 0 Å². The fourth-order valence-electron chi connectivity index (χ4n) is 1.45. The lowest BCUT2D eigenvalue weighted by Gasteiger charge is -2.08. The van der Waals surface area contributed by atoms with E-state index in [4.69, 9.17) is 4.74 Å². The summed E-state index contributed by atoms with van der Waals surface area (Å²) in [6, 6.07) is 3.55. The van der Waals surface area contributed by atoms with Gasteiger partial charge in [-0.15, -0.1) is 5.10 Å². The summed E-state index contributed by atoms with van der Waals surface area (Å²) in [5.74, 6) is -1.04. The van der Waals surface area contributed by atoms with E-state index in [-0.39, 0.29) is 11.6 Å². The number of aromatic nitrogens is 3. The van der Waals surface area contributed by atoms with Crippen molar-refractivity contribution in [1.82, 2.24) is 15.2 Å². The van der Waals surface area contributed by atoms with E-state index < -0.39 is 11.6 Å². The van der Waals surface area contributed by atoms with Crippen LogP contribution in [0.4, 0.5) is 26.2 Å². The topological polar surface area (TPSA) is 72.0 Å². The van der Waals surface area contributed by atoms with Crippen LogP contribution in [0.25, 0.3) is 0 Å². The van der Waals surface area contributed by atoms with Gasteiger partial charge in [0.25, 0.3) is 0 Å². The molecule has 0 spiro atoms. The normalized spacial score (nSPS) is 10.3. The van der Waals surface area contributed by atoms with Crippen LogP contribution in [0.1, 0.15) is 0 Å². The third-order valence-corrected chi connectivity index (χ3v) is 2.37. The van der Waals surface area contributed by atoms with E-state index in [0.717, 1.165) is 12.1 Å². The van der Waals surface area contributed by atoms with E-state index in [2.05, 4.69) is 25.8 Å². The maximum atomic E-state index is 13.5. The highest BCUT2D eigenvalue weighted by Crippen LogP contribution is 2.21. The van der Waals surface area contributed by atoms with E-state index in [1.165, 1.54) is 12.3 Å². The molecule has 2 aromatic rings. The molecule has 0 aliphatic carbocycles. The Kier molecular flexibility index (Phi) is 4.72. The summed E-state index contributed by atoms with van der Waals surface area (Å²) >= 11 is 0. The van der Waals surface area contributed by atoms with Crippen molar-refractivity contribution >= 4 is 17.5 Å². The number of nitrogens with zero attached hydrogens (tertiary/aromatic N) is 3. The molecule has 0 radical (unpaired) electrons. The molecular weight excluding hydrogens is 268 g/mol. The van der Waals surface area contributed by atoms with Crippen LogP contribution < -0.4 is 10.6 Å². The number of anilines is 3. The summed E-state index contributed by atoms with van der Waals surface area (Å²) in [5.41, 5.74) is -0.316. The molecule has 0 bridgehead atoms. The molecule has 2 N–H and O–H groups in total. The van der Waals surface area contributed by atoms with Gasteiger partial charge < -0.3 is 15.4 Å². The molecule has 0 fully saturated rings. The number of hydrogen-bond acceptors (Lipinski definition) is 6. The van der Waals surface area contributed by atoms with Gasteiger partial charge in [0.15, 0.2) is 5.82 Å². The van der Waals surface area contributed by atoms with E-state index in [9.17, 15) is 8.78 Å². The van der Waals surface area contributed by atoms with Gasteiger partial charge in [-0.3, -0.25) is 0 Å². The van der Waals surface area contributed by atoms with Crippen molar-refractivity contribution < 1.29 is 13.5 Å². The van der Waals surface area contributed by atoms with E-state index >= 15 is 0 Å². The number of rotatable bonds is 6. The highest BCUT2D eigenvalue weighted by molar-refractivity contribution is 5.55. The molecule has 0 saturated heterocycles. The van der Waals surface area contributed by atoms with Crippen molar-refractivity contribution in [2.24, 2.45) is 0 Å². The van der Waals surface area contributed by atoms with Gasteiger partial charge in [0.2, 0.25) is 5.95 Å². The van der Waals surface area contributed by atoms with Crippen molar-refractivity contribution in [2.45, 2.75) is 0 Å². The monoisotopic (exact) mass is 281 g/mol. The first-order chi connectivity index (χ1) is 9.70. The summed E-state index contributed by atoms with van der Waals surface area (Å²) in [6.07, 6.45) is 1.40. The highest BCUT2D eigenvalue weighted by atomic mass is 19.1. The standard InChI is InChI=1S/C12H13F2N5O/c1-20-6-5-15-10-7-16-19-12(17-10)18-11-8(13)3-2-4-9(11)14/h2-4,7H,5-6H2,1H3,(H2,15,17,18,19). The molecule has 0 aliphatic heterocycles. The first kappa shape index (κ1) is 14.1. The third kappa shape index (κ3) is 3.58. The van der Waals surface area contributed by atoms with E-state index in [0.29, 0.717) is 19.0 Å². The second kappa shape index (κ2) is 6.71. The van der Waals surface area contributed by atoms with Crippen LogP contribution in [-0.4, -0.2) is 35.4 Å². The van der Waals surface area contributed by atoms with Crippen LogP contribution in [0.5, 0.6) is 0 Å². The summed E-state index contributed by atoms with van der Waals surface area (Å²) in [5, 5.41) is 12.8. The predicted octanol–water partition coefficient (Wildman–Crippen LogP) is 1.95. The maximum absolute atomic E-state index is 13.5. The van der Waals surface area contributed by atoms with Crippen molar-refractivity contribution in [3.8, 4) is 0 Å². The Hall–Kier alpha value is -2.35. The van der Waals surface area contributed by atoms with Gasteiger partial charge in [0.1, 0.15) is 17.3 Å². The largest absolute Gasteiger partial charge is 0.383 e. The Balaban J connectivity index is 2.11. The number of para-hydroxylation sites is 1. The number of benzene rings is 1. The van der Waals surface area contributed by atoms with Crippen molar-refractivity contribution in [3.63, 3.8) is 0 Å². The molecule has 8 heteroatoms. The van der Waals surface area contributed by atoms with Gasteiger partial charge in [-0.2, -0.15) is 10.1 Å². The first-order valence-corrected chi connectivity index (χ1v) is 5.84. The Morgan fingerprint density at radius 1 is 1.25 bits per heavy atom. The summed E-state index contributed by atoms with van der Waals surface area (Å²) in [4.78, 5) is 4.04. The van der Waals surface area contributed by atoms with E-state index in [1.54, 1.807) is 7.11 Å². The maximum Gasteiger partial charge on any atom is 0.249 e. The molecule has 1 aromatic carbocycles. The summed E-state index contributed by atoms with van der Waals surface area (Å²) < 4.78 is 31.8. The van der Waals surface area contributed by atoms with Gasteiger partial charge >= 0.3 is 0 Å². The number of hydrogen-bond donors (Lipinski definition) is 2. The van der Waals surface area contributed by atoms with Gasteiger partial charge in [0, 0.05) is 13.7 Å². The average Bonchev–Trinajstić information content (AvgIpc) is 2.44. The zero-order chi connectivity index (χ0) is 14.4. The third-order valence-electron chi connectivity index (χ3n) is 2.37. The van der Waals surface area contributed by atoms with Crippen molar-refractivity contribution in [3.05, 3.63) is 36.0 Å². The predicted molar refractivity (Wildman–Crippen MR) is 69.8 cm³/mol. The minimum absolute atomic E-state index is 0.00332. The second-order valence-corrected chi connectivity index (χ2v) is 3.81. The molecule has 1 heterocycles. The lowest BCUT2D eigenvalue weighted by atomic mass is 10.3. The molecule has 6 nitrogen and oxygen atoms in total. The Labute approximate surface area is 114 Å². The number of halogens is 2. The number of ether oxygens (including phenoxy) is 1. The molecule has 0 unspecified atom stereocenters. The zero-order valence-corrected chi connectivity index (χ0v) is 10.7. The minimum Gasteiger partial charge on any atom is -0.383 e. The lowest BCUT2D eigenvalue weighted by Crippen LogP contribution is -2.11.